The Morgan fingerprint density at radius 2 is 0.930 bits per heavy atom. The fraction of sp³-hybridized carbons (Fsp3) is 0. The fourth-order valence-corrected chi connectivity index (χ4v) is 8.63. The van der Waals surface area contributed by atoms with Crippen molar-refractivity contribution in [2.75, 3.05) is 4.90 Å². The quantitative estimate of drug-likeness (QED) is 0.163. The zero-order chi connectivity index (χ0) is 37.7. The van der Waals surface area contributed by atoms with Gasteiger partial charge in [0.05, 0.1) is 28.1 Å². The first-order chi connectivity index (χ1) is 28.3. The molecule has 3 heteroatoms. The maximum absolute atomic E-state index is 6.29. The minimum Gasteiger partial charge on any atom is -0.456 e. The van der Waals surface area contributed by atoms with E-state index in [1.165, 1.54) is 16.3 Å². The zero-order valence-corrected chi connectivity index (χ0v) is 31.1. The molecule has 0 aliphatic carbocycles. The van der Waals surface area contributed by atoms with Gasteiger partial charge in [0.15, 0.2) is 0 Å². The van der Waals surface area contributed by atoms with Gasteiger partial charge in [0.2, 0.25) is 0 Å². The van der Waals surface area contributed by atoms with Gasteiger partial charge in [-0.1, -0.05) is 158 Å². The summed E-state index contributed by atoms with van der Waals surface area (Å²) in [5.41, 5.74) is 15.3. The molecule has 0 N–H and O–H groups in total. The van der Waals surface area contributed by atoms with Crippen LogP contribution in [0.1, 0.15) is 0 Å². The number of aromatic nitrogens is 1. The lowest BCUT2D eigenvalue weighted by atomic mass is 9.95. The summed E-state index contributed by atoms with van der Waals surface area (Å²) < 4.78 is 8.69. The van der Waals surface area contributed by atoms with Gasteiger partial charge in [-0.05, 0) is 82.9 Å². The van der Waals surface area contributed by atoms with E-state index >= 15 is 0 Å². The van der Waals surface area contributed by atoms with Crippen LogP contribution in [0.5, 0.6) is 0 Å². The van der Waals surface area contributed by atoms with Crippen LogP contribution in [-0.4, -0.2) is 4.57 Å². The number of para-hydroxylation sites is 4. The second-order valence-electron chi connectivity index (χ2n) is 14.5. The summed E-state index contributed by atoms with van der Waals surface area (Å²) in [6, 6.07) is 78.3. The molecule has 0 saturated heterocycles. The summed E-state index contributed by atoms with van der Waals surface area (Å²) in [6.45, 7) is 0. The van der Waals surface area contributed by atoms with Gasteiger partial charge in [-0.25, -0.2) is 0 Å². The van der Waals surface area contributed by atoms with Crippen molar-refractivity contribution < 1.29 is 4.42 Å². The highest BCUT2D eigenvalue weighted by atomic mass is 16.3. The first-order valence-electron chi connectivity index (χ1n) is 19.4. The van der Waals surface area contributed by atoms with Crippen LogP contribution in [-0.2, 0) is 0 Å². The number of furan rings is 1. The molecule has 11 aromatic rings. The van der Waals surface area contributed by atoms with E-state index in [9.17, 15) is 0 Å². The molecule has 57 heavy (non-hydrogen) atoms. The standard InChI is InChI=1S/C54H36N2O/c1-4-17-37(18-5-1)39-31-33-43(38-19-6-2-7-20-38)51(36-39)56(47-26-13-10-23-42(47)40-32-34-53-46(35-40)44-24-12-15-30-52(44)57-53)50-29-16-28-49-54(50)45-25-11-14-27-48(45)55(49)41-21-8-3-9-22-41/h1-36H. The average Bonchev–Trinajstić information content (AvgIpc) is 3.83. The second-order valence-corrected chi connectivity index (χ2v) is 14.5. The lowest BCUT2D eigenvalue weighted by Gasteiger charge is -2.31. The summed E-state index contributed by atoms with van der Waals surface area (Å²) in [4.78, 5) is 2.51. The van der Waals surface area contributed by atoms with Gasteiger partial charge in [0, 0.05) is 38.4 Å². The molecule has 0 saturated carbocycles. The molecular weight excluding hydrogens is 693 g/mol. The zero-order valence-electron chi connectivity index (χ0n) is 31.1. The molecule has 0 aliphatic heterocycles. The van der Waals surface area contributed by atoms with Crippen LogP contribution < -0.4 is 4.90 Å². The third-order valence-corrected chi connectivity index (χ3v) is 11.2. The maximum Gasteiger partial charge on any atom is 0.135 e. The Morgan fingerprint density at radius 3 is 1.75 bits per heavy atom. The molecule has 11 rings (SSSR count). The lowest BCUT2D eigenvalue weighted by Crippen LogP contribution is -2.13. The number of rotatable bonds is 7. The lowest BCUT2D eigenvalue weighted by molar-refractivity contribution is 0.669. The van der Waals surface area contributed by atoms with Crippen LogP contribution in [0.25, 0.3) is 82.8 Å². The van der Waals surface area contributed by atoms with Gasteiger partial charge in [-0.3, -0.25) is 0 Å². The molecule has 0 radical (unpaired) electrons. The van der Waals surface area contributed by atoms with Crippen molar-refractivity contribution in [1.82, 2.24) is 4.57 Å². The molecule has 2 heterocycles. The van der Waals surface area contributed by atoms with E-state index in [2.05, 4.69) is 216 Å². The Bertz CT molecular complexity index is 3230. The molecule has 0 amide bonds. The van der Waals surface area contributed by atoms with Crippen molar-refractivity contribution in [1.29, 1.82) is 0 Å². The van der Waals surface area contributed by atoms with Crippen molar-refractivity contribution in [3.63, 3.8) is 0 Å². The van der Waals surface area contributed by atoms with Crippen molar-refractivity contribution >= 4 is 60.8 Å². The van der Waals surface area contributed by atoms with Crippen LogP contribution >= 0.6 is 0 Å². The molecule has 0 atom stereocenters. The SMILES string of the molecule is c1ccc(-c2ccc(-c3ccccc3)c(N(c3ccccc3-c3ccc4oc5ccccc5c4c3)c3cccc4c3c3ccccc3n4-c3ccccc3)c2)cc1. The van der Waals surface area contributed by atoms with E-state index in [-0.39, 0.29) is 0 Å². The van der Waals surface area contributed by atoms with Crippen LogP contribution in [0.3, 0.4) is 0 Å². The van der Waals surface area contributed by atoms with Crippen LogP contribution in [0.4, 0.5) is 17.1 Å². The topological polar surface area (TPSA) is 21.3 Å². The Kier molecular flexibility index (Phi) is 7.82. The first-order valence-corrected chi connectivity index (χ1v) is 19.4. The molecule has 268 valence electrons. The third-order valence-electron chi connectivity index (χ3n) is 11.2. The minimum atomic E-state index is 0.884. The van der Waals surface area contributed by atoms with Crippen molar-refractivity contribution in [2.24, 2.45) is 0 Å². The molecule has 0 aliphatic rings. The molecule has 0 fully saturated rings. The molecule has 0 bridgehead atoms. The number of hydrogen-bond donors (Lipinski definition) is 0. The summed E-state index contributed by atoms with van der Waals surface area (Å²) in [5, 5.41) is 4.60. The monoisotopic (exact) mass is 728 g/mol. The van der Waals surface area contributed by atoms with Crippen molar-refractivity contribution in [3.8, 4) is 39.1 Å². The first kappa shape index (κ1) is 32.8. The van der Waals surface area contributed by atoms with Gasteiger partial charge in [-0.2, -0.15) is 0 Å². The Morgan fingerprint density at radius 1 is 0.333 bits per heavy atom. The molecule has 3 nitrogen and oxygen atoms in total. The van der Waals surface area contributed by atoms with Crippen LogP contribution in [0, 0.1) is 0 Å². The molecule has 2 aromatic heterocycles. The Balaban J connectivity index is 1.25. The van der Waals surface area contributed by atoms with E-state index in [1.54, 1.807) is 0 Å². The number of benzene rings is 9. The van der Waals surface area contributed by atoms with Gasteiger partial charge in [0.1, 0.15) is 11.2 Å². The average molecular weight is 729 g/mol. The molecular formula is C54H36N2O. The highest BCUT2D eigenvalue weighted by Gasteiger charge is 2.26. The van der Waals surface area contributed by atoms with Gasteiger partial charge in [-0.15, -0.1) is 0 Å². The van der Waals surface area contributed by atoms with Gasteiger partial charge in [0.25, 0.3) is 0 Å². The molecule has 0 unspecified atom stereocenters. The van der Waals surface area contributed by atoms with E-state index in [0.717, 1.165) is 83.5 Å². The highest BCUT2D eigenvalue weighted by molar-refractivity contribution is 6.17. The summed E-state index contributed by atoms with van der Waals surface area (Å²) in [6.07, 6.45) is 0. The highest BCUT2D eigenvalue weighted by Crippen LogP contribution is 2.50. The van der Waals surface area contributed by atoms with Gasteiger partial charge < -0.3 is 13.9 Å². The largest absolute Gasteiger partial charge is 0.456 e. The molecule has 9 aromatic carbocycles. The third kappa shape index (κ3) is 5.51. The van der Waals surface area contributed by atoms with Crippen LogP contribution in [0.15, 0.2) is 223 Å². The predicted molar refractivity (Wildman–Crippen MR) is 239 cm³/mol. The predicted octanol–water partition coefficient (Wildman–Crippen LogP) is 15.2. The van der Waals surface area contributed by atoms with E-state index in [1.807, 2.05) is 12.1 Å². The summed E-state index contributed by atoms with van der Waals surface area (Å²) in [5.74, 6) is 0. The molecule has 0 spiro atoms. The van der Waals surface area contributed by atoms with Crippen LogP contribution in [0.2, 0.25) is 0 Å². The number of anilines is 3. The number of hydrogen-bond acceptors (Lipinski definition) is 2. The van der Waals surface area contributed by atoms with Crippen molar-refractivity contribution in [3.05, 3.63) is 218 Å². The van der Waals surface area contributed by atoms with E-state index in [4.69, 9.17) is 4.42 Å². The number of fused-ring (bicyclic) bond motifs is 6. The number of nitrogens with zero attached hydrogens (tertiary/aromatic N) is 2. The maximum atomic E-state index is 6.29. The van der Waals surface area contributed by atoms with Crippen molar-refractivity contribution in [2.45, 2.75) is 0 Å². The van der Waals surface area contributed by atoms with E-state index < -0.39 is 0 Å². The Hall–Kier alpha value is -7.62. The smallest absolute Gasteiger partial charge is 0.135 e. The normalized spacial score (nSPS) is 11.5. The summed E-state index contributed by atoms with van der Waals surface area (Å²) in [7, 11) is 0. The van der Waals surface area contributed by atoms with Gasteiger partial charge >= 0.3 is 0 Å². The Labute approximate surface area is 330 Å². The summed E-state index contributed by atoms with van der Waals surface area (Å²) >= 11 is 0. The fourth-order valence-electron chi connectivity index (χ4n) is 8.63. The minimum absolute atomic E-state index is 0.884. The van der Waals surface area contributed by atoms with E-state index in [0.29, 0.717) is 0 Å². The second kappa shape index (κ2) is 13.6.